The van der Waals surface area contributed by atoms with Crippen LogP contribution < -0.4 is 9.55 Å². The van der Waals surface area contributed by atoms with Gasteiger partial charge in [-0.2, -0.15) is 0 Å². The van der Waals surface area contributed by atoms with Crippen LogP contribution in [0.5, 0.6) is 5.75 Å². The maximum Gasteiger partial charge on any atom is 0.707 e. The first kappa shape index (κ1) is 11.5. The van der Waals surface area contributed by atoms with Gasteiger partial charge < -0.3 is 24.4 Å². The van der Waals surface area contributed by atoms with E-state index in [-0.39, 0.29) is 0 Å². The van der Waals surface area contributed by atoms with Crippen LogP contribution in [0.25, 0.3) is 0 Å². The van der Waals surface area contributed by atoms with Crippen LogP contribution in [0.1, 0.15) is 0 Å². The minimum absolute atomic E-state index is 0.308. The van der Waals surface area contributed by atoms with Gasteiger partial charge in [0, 0.05) is 12.7 Å². The van der Waals surface area contributed by atoms with Gasteiger partial charge in [-0.05, 0) is 24.3 Å². The number of likely N-dealkylation sites (N-methyl/N-ethyl adjacent to an activating group) is 1. The standard InChI is InChI=1S/C9H12BNO4/c1-11(6-7-12)8-2-4-9(5-3-8)15-10(13)14/h2-5,7,13-14H,6H2,1H3. The zero-order chi connectivity index (χ0) is 11.3. The fourth-order valence-corrected chi connectivity index (χ4v) is 1.12. The number of carbonyl (C=O) groups excluding carboxylic acids is 1. The molecule has 0 bridgehead atoms. The number of benzene rings is 1. The van der Waals surface area contributed by atoms with Crippen molar-refractivity contribution in [1.82, 2.24) is 0 Å². The summed E-state index contributed by atoms with van der Waals surface area (Å²) in [6, 6.07) is 6.63. The molecule has 1 rings (SSSR count). The summed E-state index contributed by atoms with van der Waals surface area (Å²) < 4.78 is 4.63. The molecule has 0 saturated heterocycles. The quantitative estimate of drug-likeness (QED) is 0.513. The van der Waals surface area contributed by atoms with E-state index >= 15 is 0 Å². The van der Waals surface area contributed by atoms with Gasteiger partial charge in [-0.3, -0.25) is 0 Å². The van der Waals surface area contributed by atoms with Crippen molar-refractivity contribution in [3.63, 3.8) is 0 Å². The number of hydrogen-bond donors (Lipinski definition) is 2. The second-order valence-electron chi connectivity index (χ2n) is 2.99. The molecule has 0 saturated carbocycles. The average molecular weight is 209 g/mol. The minimum atomic E-state index is -1.82. The summed E-state index contributed by atoms with van der Waals surface area (Å²) in [5, 5.41) is 17.1. The van der Waals surface area contributed by atoms with E-state index in [1.165, 1.54) is 0 Å². The monoisotopic (exact) mass is 209 g/mol. The van der Waals surface area contributed by atoms with E-state index in [9.17, 15) is 4.79 Å². The molecule has 0 aliphatic carbocycles. The Balaban J connectivity index is 2.67. The third-order valence-corrected chi connectivity index (χ3v) is 1.87. The highest BCUT2D eigenvalue weighted by molar-refractivity contribution is 6.33. The Morgan fingerprint density at radius 3 is 2.47 bits per heavy atom. The van der Waals surface area contributed by atoms with Gasteiger partial charge in [-0.15, -0.1) is 0 Å². The maximum absolute atomic E-state index is 10.3. The van der Waals surface area contributed by atoms with Crippen LogP contribution in [-0.2, 0) is 4.79 Å². The fourth-order valence-electron chi connectivity index (χ4n) is 1.12. The number of rotatable bonds is 5. The van der Waals surface area contributed by atoms with Crippen molar-refractivity contribution in [2.45, 2.75) is 0 Å². The molecule has 1 aromatic carbocycles. The molecule has 0 aliphatic rings. The Kier molecular flexibility index (Phi) is 4.14. The van der Waals surface area contributed by atoms with Crippen molar-refractivity contribution in [3.05, 3.63) is 24.3 Å². The molecule has 2 N–H and O–H groups in total. The average Bonchev–Trinajstić information content (AvgIpc) is 2.18. The molecule has 0 aliphatic heterocycles. The van der Waals surface area contributed by atoms with Gasteiger partial charge in [-0.1, -0.05) is 0 Å². The Hall–Kier alpha value is -1.53. The van der Waals surface area contributed by atoms with Gasteiger partial charge >= 0.3 is 7.32 Å². The van der Waals surface area contributed by atoms with Gasteiger partial charge in [0.25, 0.3) is 0 Å². The first-order valence-corrected chi connectivity index (χ1v) is 4.41. The predicted octanol–water partition coefficient (Wildman–Crippen LogP) is -0.330. The fraction of sp³-hybridized carbons (Fsp3) is 0.222. The molecular weight excluding hydrogens is 197 g/mol. The summed E-state index contributed by atoms with van der Waals surface area (Å²) in [7, 11) is -0.0333. The van der Waals surface area contributed by atoms with Crippen LogP contribution in [0.4, 0.5) is 5.69 Å². The molecule has 80 valence electrons. The molecule has 0 fully saturated rings. The van der Waals surface area contributed by atoms with Crippen LogP contribution in [-0.4, -0.2) is 37.2 Å². The third kappa shape index (κ3) is 3.61. The summed E-state index contributed by atoms with van der Waals surface area (Å²) in [6.07, 6.45) is 0.807. The Morgan fingerprint density at radius 1 is 1.40 bits per heavy atom. The number of carbonyl (C=O) groups is 1. The summed E-state index contributed by atoms with van der Waals surface area (Å²) >= 11 is 0. The van der Waals surface area contributed by atoms with Crippen LogP contribution in [0.15, 0.2) is 24.3 Å². The third-order valence-electron chi connectivity index (χ3n) is 1.87. The smallest absolute Gasteiger partial charge is 0.512 e. The summed E-state index contributed by atoms with van der Waals surface area (Å²) in [6.45, 7) is 0.308. The normalized spacial score (nSPS) is 9.53. The largest absolute Gasteiger partial charge is 0.707 e. The lowest BCUT2D eigenvalue weighted by molar-refractivity contribution is -0.106. The van der Waals surface area contributed by atoms with Crippen molar-refractivity contribution in [2.24, 2.45) is 0 Å². The molecular formula is C9H12BNO4. The highest BCUT2D eigenvalue weighted by Gasteiger charge is 2.10. The van der Waals surface area contributed by atoms with E-state index in [1.54, 1.807) is 36.2 Å². The first-order valence-electron chi connectivity index (χ1n) is 4.41. The highest BCUT2D eigenvalue weighted by atomic mass is 16.6. The molecule has 0 radical (unpaired) electrons. The molecule has 0 spiro atoms. The Bertz CT molecular complexity index is 314. The number of anilines is 1. The number of aldehydes is 1. The van der Waals surface area contributed by atoms with E-state index in [0.717, 1.165) is 12.0 Å². The van der Waals surface area contributed by atoms with Crippen molar-refractivity contribution in [1.29, 1.82) is 0 Å². The van der Waals surface area contributed by atoms with Crippen molar-refractivity contribution in [3.8, 4) is 5.75 Å². The second-order valence-corrected chi connectivity index (χ2v) is 2.99. The van der Waals surface area contributed by atoms with E-state index in [4.69, 9.17) is 10.0 Å². The van der Waals surface area contributed by atoms with Crippen LogP contribution >= 0.6 is 0 Å². The van der Waals surface area contributed by atoms with E-state index in [2.05, 4.69) is 4.65 Å². The second kappa shape index (κ2) is 5.38. The molecule has 0 atom stereocenters. The highest BCUT2D eigenvalue weighted by Crippen LogP contribution is 2.18. The molecule has 1 aromatic rings. The molecule has 5 nitrogen and oxygen atoms in total. The number of nitrogens with zero attached hydrogens (tertiary/aromatic N) is 1. The van der Waals surface area contributed by atoms with E-state index < -0.39 is 7.32 Å². The van der Waals surface area contributed by atoms with Gasteiger partial charge in [0.1, 0.15) is 12.0 Å². The lowest BCUT2D eigenvalue weighted by Gasteiger charge is -2.16. The number of hydrogen-bond acceptors (Lipinski definition) is 5. The lowest BCUT2D eigenvalue weighted by atomic mass is 10.2. The van der Waals surface area contributed by atoms with Crippen LogP contribution in [0.2, 0.25) is 0 Å². The van der Waals surface area contributed by atoms with Crippen molar-refractivity contribution >= 4 is 19.3 Å². The van der Waals surface area contributed by atoms with E-state index in [0.29, 0.717) is 12.3 Å². The summed E-state index contributed by atoms with van der Waals surface area (Å²) in [5.74, 6) is 0.355. The van der Waals surface area contributed by atoms with Gasteiger partial charge in [-0.25, -0.2) is 0 Å². The molecule has 0 heterocycles. The van der Waals surface area contributed by atoms with E-state index in [1.807, 2.05) is 0 Å². The topological polar surface area (TPSA) is 70.0 Å². The van der Waals surface area contributed by atoms with Gasteiger partial charge in [0.05, 0.1) is 6.54 Å². The first-order chi connectivity index (χ1) is 7.13. The van der Waals surface area contributed by atoms with Crippen molar-refractivity contribution in [2.75, 3.05) is 18.5 Å². The summed E-state index contributed by atoms with van der Waals surface area (Å²) in [5.41, 5.74) is 0.849. The molecule has 6 heteroatoms. The Labute approximate surface area is 88.1 Å². The van der Waals surface area contributed by atoms with Crippen molar-refractivity contribution < 1.29 is 19.5 Å². The molecule has 15 heavy (non-hydrogen) atoms. The Morgan fingerprint density at radius 2 is 2.00 bits per heavy atom. The minimum Gasteiger partial charge on any atom is -0.512 e. The van der Waals surface area contributed by atoms with Crippen LogP contribution in [0, 0.1) is 0 Å². The summed E-state index contributed by atoms with van der Waals surface area (Å²) in [4.78, 5) is 12.0. The lowest BCUT2D eigenvalue weighted by Crippen LogP contribution is -2.21. The zero-order valence-corrected chi connectivity index (χ0v) is 8.33. The molecule has 0 unspecified atom stereocenters. The predicted molar refractivity (Wildman–Crippen MR) is 56.6 cm³/mol. The molecule has 0 aromatic heterocycles. The van der Waals surface area contributed by atoms with Crippen LogP contribution in [0.3, 0.4) is 0 Å². The van der Waals surface area contributed by atoms with Gasteiger partial charge in [0.2, 0.25) is 0 Å². The maximum atomic E-state index is 10.3. The zero-order valence-electron chi connectivity index (χ0n) is 8.33. The van der Waals surface area contributed by atoms with Gasteiger partial charge in [0.15, 0.2) is 0 Å². The SMILES string of the molecule is CN(CC=O)c1ccc(OB(O)O)cc1. The molecule has 0 amide bonds.